The number of hydrogen-bond acceptors (Lipinski definition) is 2. The van der Waals surface area contributed by atoms with Crippen molar-refractivity contribution in [3.63, 3.8) is 0 Å². The number of nitrogens with two attached hydrogens (primary N) is 1. The van der Waals surface area contributed by atoms with Gasteiger partial charge in [-0.15, -0.1) is 13.2 Å². The van der Waals surface area contributed by atoms with Gasteiger partial charge in [0.05, 0.1) is 5.56 Å². The van der Waals surface area contributed by atoms with E-state index in [0.717, 1.165) is 12.1 Å². The van der Waals surface area contributed by atoms with Crippen LogP contribution in [0.3, 0.4) is 0 Å². The SMILES string of the molecule is NC(=O)c1ccc(OC(F)(F)F)cc1F. The lowest BCUT2D eigenvalue weighted by Gasteiger charge is -2.09. The van der Waals surface area contributed by atoms with Gasteiger partial charge < -0.3 is 10.5 Å². The van der Waals surface area contributed by atoms with Gasteiger partial charge in [-0.3, -0.25) is 4.79 Å². The standard InChI is InChI=1S/C8H5F4NO2/c9-6-3-4(15-8(10,11)12)1-2-5(6)7(13)14/h1-3H,(H2,13,14). The Morgan fingerprint density at radius 3 is 2.33 bits per heavy atom. The van der Waals surface area contributed by atoms with E-state index in [-0.39, 0.29) is 0 Å². The largest absolute Gasteiger partial charge is 0.573 e. The van der Waals surface area contributed by atoms with E-state index in [1.54, 1.807) is 0 Å². The number of alkyl halides is 3. The van der Waals surface area contributed by atoms with E-state index in [1.165, 1.54) is 0 Å². The Kier molecular flexibility index (Phi) is 2.83. The number of ether oxygens (including phenoxy) is 1. The second kappa shape index (κ2) is 3.76. The minimum atomic E-state index is -4.90. The van der Waals surface area contributed by atoms with Crippen LogP contribution >= 0.6 is 0 Å². The molecule has 1 rings (SSSR count). The van der Waals surface area contributed by atoms with Gasteiger partial charge in [-0.2, -0.15) is 0 Å². The molecule has 0 saturated heterocycles. The maximum Gasteiger partial charge on any atom is 0.573 e. The highest BCUT2D eigenvalue weighted by molar-refractivity contribution is 5.93. The number of benzene rings is 1. The molecule has 0 unspecified atom stereocenters. The molecule has 0 heterocycles. The second-order valence-corrected chi connectivity index (χ2v) is 2.55. The van der Waals surface area contributed by atoms with Gasteiger partial charge in [0.15, 0.2) is 0 Å². The summed E-state index contributed by atoms with van der Waals surface area (Å²) >= 11 is 0. The lowest BCUT2D eigenvalue weighted by molar-refractivity contribution is -0.274. The van der Waals surface area contributed by atoms with Gasteiger partial charge in [0, 0.05) is 6.07 Å². The predicted molar refractivity (Wildman–Crippen MR) is 41.6 cm³/mol. The summed E-state index contributed by atoms with van der Waals surface area (Å²) in [6, 6.07) is 2.06. The van der Waals surface area contributed by atoms with E-state index in [2.05, 4.69) is 4.74 Å². The van der Waals surface area contributed by atoms with E-state index in [1.807, 2.05) is 0 Å². The van der Waals surface area contributed by atoms with Crippen molar-refractivity contribution in [3.05, 3.63) is 29.6 Å². The number of amides is 1. The molecule has 0 radical (unpaired) electrons. The predicted octanol–water partition coefficient (Wildman–Crippen LogP) is 1.82. The third-order valence-electron chi connectivity index (χ3n) is 1.44. The van der Waals surface area contributed by atoms with Gasteiger partial charge in [0.2, 0.25) is 0 Å². The van der Waals surface area contributed by atoms with Crippen LogP contribution in [0.15, 0.2) is 18.2 Å². The maximum absolute atomic E-state index is 12.9. The van der Waals surface area contributed by atoms with Crippen molar-refractivity contribution in [2.24, 2.45) is 5.73 Å². The first-order chi connectivity index (χ1) is 6.79. The number of rotatable bonds is 2. The Balaban J connectivity index is 2.97. The lowest BCUT2D eigenvalue weighted by atomic mass is 10.2. The molecule has 2 N–H and O–H groups in total. The molecule has 0 aromatic heterocycles. The Bertz CT molecular complexity index is 389. The van der Waals surface area contributed by atoms with E-state index in [0.29, 0.717) is 6.07 Å². The van der Waals surface area contributed by atoms with Crippen LogP contribution in [0.2, 0.25) is 0 Å². The Morgan fingerprint density at radius 2 is 1.93 bits per heavy atom. The van der Waals surface area contributed by atoms with Crippen LogP contribution in [0.25, 0.3) is 0 Å². The van der Waals surface area contributed by atoms with Gasteiger partial charge in [0.1, 0.15) is 11.6 Å². The monoisotopic (exact) mass is 223 g/mol. The smallest absolute Gasteiger partial charge is 0.406 e. The van der Waals surface area contributed by atoms with E-state index in [9.17, 15) is 22.4 Å². The van der Waals surface area contributed by atoms with Crippen molar-refractivity contribution in [2.75, 3.05) is 0 Å². The molecular formula is C8H5F4NO2. The molecule has 7 heteroatoms. The average Bonchev–Trinajstić information content (AvgIpc) is 1.99. The van der Waals surface area contributed by atoms with Crippen LogP contribution in [0.5, 0.6) is 5.75 Å². The summed E-state index contributed by atoms with van der Waals surface area (Å²) in [5.41, 5.74) is 4.25. The van der Waals surface area contributed by atoms with Crippen LogP contribution in [-0.4, -0.2) is 12.3 Å². The minimum absolute atomic E-state index is 0.438. The van der Waals surface area contributed by atoms with Crippen LogP contribution in [0, 0.1) is 5.82 Å². The van der Waals surface area contributed by atoms with E-state index in [4.69, 9.17) is 5.73 Å². The molecular weight excluding hydrogens is 218 g/mol. The third kappa shape index (κ3) is 3.12. The van der Waals surface area contributed by atoms with Crippen LogP contribution < -0.4 is 10.5 Å². The number of primary amides is 1. The van der Waals surface area contributed by atoms with Crippen molar-refractivity contribution in [3.8, 4) is 5.75 Å². The van der Waals surface area contributed by atoms with E-state index >= 15 is 0 Å². The lowest BCUT2D eigenvalue weighted by Crippen LogP contribution is -2.18. The molecule has 0 saturated carbocycles. The summed E-state index contributed by atoms with van der Waals surface area (Å²) in [6.45, 7) is 0. The minimum Gasteiger partial charge on any atom is -0.406 e. The van der Waals surface area contributed by atoms with Gasteiger partial charge in [-0.05, 0) is 12.1 Å². The Labute approximate surface area is 81.4 Å². The first-order valence-electron chi connectivity index (χ1n) is 3.65. The van der Waals surface area contributed by atoms with Crippen LogP contribution in [0.4, 0.5) is 17.6 Å². The average molecular weight is 223 g/mol. The number of hydrogen-bond donors (Lipinski definition) is 1. The van der Waals surface area contributed by atoms with Crippen LogP contribution in [-0.2, 0) is 0 Å². The van der Waals surface area contributed by atoms with Gasteiger partial charge in [-0.25, -0.2) is 4.39 Å². The fraction of sp³-hybridized carbons (Fsp3) is 0.125. The maximum atomic E-state index is 12.9. The number of carbonyl (C=O) groups excluding carboxylic acids is 1. The quantitative estimate of drug-likeness (QED) is 0.777. The molecule has 1 amide bonds. The third-order valence-corrected chi connectivity index (χ3v) is 1.44. The van der Waals surface area contributed by atoms with Gasteiger partial charge in [-0.1, -0.05) is 0 Å². The molecule has 0 spiro atoms. The highest BCUT2D eigenvalue weighted by Crippen LogP contribution is 2.24. The summed E-state index contributed by atoms with van der Waals surface area (Å²) in [4.78, 5) is 10.5. The fourth-order valence-corrected chi connectivity index (χ4v) is 0.893. The van der Waals surface area contributed by atoms with Crippen LogP contribution in [0.1, 0.15) is 10.4 Å². The summed E-state index contributed by atoms with van der Waals surface area (Å²) in [5.74, 6) is -2.97. The van der Waals surface area contributed by atoms with Crippen molar-refractivity contribution < 1.29 is 27.1 Å². The van der Waals surface area contributed by atoms with Crippen molar-refractivity contribution in [1.82, 2.24) is 0 Å². The summed E-state index contributed by atoms with van der Waals surface area (Å²) in [6.07, 6.45) is -4.90. The zero-order chi connectivity index (χ0) is 11.6. The topological polar surface area (TPSA) is 52.3 Å². The first kappa shape index (κ1) is 11.3. The summed E-state index contributed by atoms with van der Waals surface area (Å²) in [5, 5.41) is 0. The molecule has 0 aliphatic rings. The summed E-state index contributed by atoms with van der Waals surface area (Å²) < 4.78 is 51.4. The molecule has 0 atom stereocenters. The highest BCUT2D eigenvalue weighted by atomic mass is 19.4. The molecule has 0 aliphatic heterocycles. The molecule has 82 valence electrons. The number of carbonyl (C=O) groups is 1. The second-order valence-electron chi connectivity index (χ2n) is 2.55. The molecule has 15 heavy (non-hydrogen) atoms. The molecule has 0 aliphatic carbocycles. The Hall–Kier alpha value is -1.79. The first-order valence-corrected chi connectivity index (χ1v) is 3.65. The highest BCUT2D eigenvalue weighted by Gasteiger charge is 2.31. The van der Waals surface area contributed by atoms with Crippen molar-refractivity contribution >= 4 is 5.91 Å². The van der Waals surface area contributed by atoms with Gasteiger partial charge >= 0.3 is 6.36 Å². The van der Waals surface area contributed by atoms with Crippen molar-refractivity contribution in [2.45, 2.75) is 6.36 Å². The summed E-state index contributed by atoms with van der Waals surface area (Å²) in [7, 11) is 0. The molecule has 3 nitrogen and oxygen atoms in total. The normalized spacial score (nSPS) is 11.2. The molecule has 0 fully saturated rings. The van der Waals surface area contributed by atoms with E-state index < -0.39 is 29.4 Å². The van der Waals surface area contributed by atoms with Gasteiger partial charge in [0.25, 0.3) is 5.91 Å². The zero-order valence-electron chi connectivity index (χ0n) is 7.14. The molecule has 1 aromatic carbocycles. The molecule has 0 bridgehead atoms. The number of halogens is 4. The van der Waals surface area contributed by atoms with Crippen molar-refractivity contribution in [1.29, 1.82) is 0 Å². The zero-order valence-corrected chi connectivity index (χ0v) is 7.14. The molecule has 1 aromatic rings. The fourth-order valence-electron chi connectivity index (χ4n) is 0.893. The Morgan fingerprint density at radius 1 is 1.33 bits per heavy atom.